The Bertz CT molecular complexity index is 1250. The van der Waals surface area contributed by atoms with E-state index in [0.717, 1.165) is 60.8 Å². The molecule has 192 valence electrons. The van der Waals surface area contributed by atoms with Crippen molar-refractivity contribution in [1.29, 1.82) is 5.41 Å². The number of ether oxygens (including phenoxy) is 1. The number of aryl methyl sites for hydroxylation is 1. The molecular formula is C29H34N6O2. The lowest BCUT2D eigenvalue weighted by molar-refractivity contribution is -0.110. The molecule has 0 atom stereocenters. The van der Waals surface area contributed by atoms with Gasteiger partial charge >= 0.3 is 0 Å². The van der Waals surface area contributed by atoms with Gasteiger partial charge in [-0.25, -0.2) is 0 Å². The maximum atomic E-state index is 13.0. The Kier molecular flexibility index (Phi) is 7.87. The Morgan fingerprint density at radius 1 is 0.973 bits per heavy atom. The monoisotopic (exact) mass is 498 g/mol. The molecule has 37 heavy (non-hydrogen) atoms. The second-order valence-corrected chi connectivity index (χ2v) is 9.77. The number of rotatable bonds is 7. The summed E-state index contributed by atoms with van der Waals surface area (Å²) in [6.45, 7) is 8.07. The van der Waals surface area contributed by atoms with E-state index < -0.39 is 5.91 Å². The molecule has 2 aromatic heterocycles. The van der Waals surface area contributed by atoms with Crippen LogP contribution in [-0.2, 0) is 16.1 Å². The number of carbonyl (C=O) groups is 1. The van der Waals surface area contributed by atoms with Gasteiger partial charge in [0.15, 0.2) is 0 Å². The van der Waals surface area contributed by atoms with Gasteiger partial charge in [-0.2, -0.15) is 0 Å². The summed E-state index contributed by atoms with van der Waals surface area (Å²) < 4.78 is 5.46. The summed E-state index contributed by atoms with van der Waals surface area (Å²) in [5.41, 5.74) is 5.90. The van der Waals surface area contributed by atoms with E-state index in [-0.39, 0.29) is 5.71 Å². The number of nitrogens with one attached hydrogen (secondary N) is 2. The van der Waals surface area contributed by atoms with Crippen molar-refractivity contribution in [1.82, 2.24) is 14.9 Å². The third-order valence-corrected chi connectivity index (χ3v) is 7.08. The summed E-state index contributed by atoms with van der Waals surface area (Å²) in [7, 11) is 0. The number of pyridine rings is 2. The number of aromatic nitrogens is 2. The molecule has 0 aliphatic carbocycles. The number of hydrogen-bond acceptors (Lipinski definition) is 7. The third kappa shape index (κ3) is 6.21. The number of nitrogens with zero attached hydrogens (tertiary/aromatic N) is 4. The van der Waals surface area contributed by atoms with E-state index in [2.05, 4.69) is 31.2 Å². The maximum Gasteiger partial charge on any atom is 0.274 e. The van der Waals surface area contributed by atoms with Crippen LogP contribution < -0.4 is 10.2 Å². The smallest absolute Gasteiger partial charge is 0.274 e. The molecule has 0 radical (unpaired) electrons. The average molecular weight is 499 g/mol. The molecule has 1 amide bonds. The molecule has 1 aromatic carbocycles. The lowest BCUT2D eigenvalue weighted by atomic mass is 9.97. The summed E-state index contributed by atoms with van der Waals surface area (Å²) in [6.07, 6.45) is 9.15. The predicted molar refractivity (Wildman–Crippen MR) is 146 cm³/mol. The number of morpholine rings is 1. The van der Waals surface area contributed by atoms with E-state index in [9.17, 15) is 4.79 Å². The molecule has 8 heteroatoms. The van der Waals surface area contributed by atoms with Gasteiger partial charge in [0.25, 0.3) is 5.91 Å². The largest absolute Gasteiger partial charge is 0.378 e. The fourth-order valence-electron chi connectivity index (χ4n) is 4.91. The first-order valence-corrected chi connectivity index (χ1v) is 13.0. The van der Waals surface area contributed by atoms with Gasteiger partial charge in [-0.3, -0.25) is 25.1 Å². The molecule has 4 heterocycles. The van der Waals surface area contributed by atoms with Crippen molar-refractivity contribution in [3.8, 4) is 11.1 Å². The van der Waals surface area contributed by atoms with Crippen LogP contribution in [0.5, 0.6) is 0 Å². The quantitative estimate of drug-likeness (QED) is 0.472. The number of piperidine rings is 1. The van der Waals surface area contributed by atoms with Crippen molar-refractivity contribution >= 4 is 23.0 Å². The zero-order valence-corrected chi connectivity index (χ0v) is 21.4. The van der Waals surface area contributed by atoms with Gasteiger partial charge < -0.3 is 15.0 Å². The first-order valence-electron chi connectivity index (χ1n) is 13.0. The number of carbonyl (C=O) groups excluding carboxylic acids is 1. The summed E-state index contributed by atoms with van der Waals surface area (Å²) in [5.74, 6) is -0.453. The van der Waals surface area contributed by atoms with E-state index in [0.29, 0.717) is 24.5 Å². The molecule has 2 fully saturated rings. The van der Waals surface area contributed by atoms with Gasteiger partial charge in [0.05, 0.1) is 42.7 Å². The highest BCUT2D eigenvalue weighted by atomic mass is 16.5. The van der Waals surface area contributed by atoms with E-state index in [1.165, 1.54) is 19.3 Å². The van der Waals surface area contributed by atoms with Crippen molar-refractivity contribution in [2.75, 3.05) is 49.6 Å². The van der Waals surface area contributed by atoms with Crippen molar-refractivity contribution in [3.05, 3.63) is 71.8 Å². The Morgan fingerprint density at radius 2 is 1.78 bits per heavy atom. The zero-order chi connectivity index (χ0) is 25.6. The highest BCUT2D eigenvalue weighted by molar-refractivity contribution is 6.48. The van der Waals surface area contributed by atoms with Crippen LogP contribution in [0.15, 0.2) is 55.0 Å². The van der Waals surface area contributed by atoms with Crippen LogP contribution in [-0.4, -0.2) is 65.9 Å². The molecule has 2 aliphatic rings. The van der Waals surface area contributed by atoms with E-state index in [1.54, 1.807) is 6.20 Å². The Balaban J connectivity index is 1.27. The van der Waals surface area contributed by atoms with Gasteiger partial charge in [0.2, 0.25) is 0 Å². The van der Waals surface area contributed by atoms with Crippen LogP contribution in [0, 0.1) is 12.3 Å². The number of likely N-dealkylation sites (tertiary alicyclic amines) is 1. The molecule has 5 rings (SSSR count). The van der Waals surface area contributed by atoms with Crippen molar-refractivity contribution in [2.24, 2.45) is 0 Å². The topological polar surface area (TPSA) is 94.4 Å². The van der Waals surface area contributed by atoms with Gasteiger partial charge in [0.1, 0.15) is 5.71 Å². The van der Waals surface area contributed by atoms with Gasteiger partial charge in [-0.1, -0.05) is 18.6 Å². The standard InChI is InChI=1S/C29H34N6O2/c1-21-5-6-22(23-15-26(19-31-17-23)35-11-13-37-14-12-35)16-27(21)28(30)29(36)33-24-7-8-25(32-18-24)20-34-9-3-2-4-10-34/h5-8,15-19,30H,2-4,9-14,20H2,1H3,(H,33,36). The molecule has 8 nitrogen and oxygen atoms in total. The third-order valence-electron chi connectivity index (χ3n) is 7.08. The molecule has 0 spiro atoms. The van der Waals surface area contributed by atoms with E-state index >= 15 is 0 Å². The lowest BCUT2D eigenvalue weighted by Crippen LogP contribution is -2.36. The summed E-state index contributed by atoms with van der Waals surface area (Å²) in [6, 6.07) is 11.8. The van der Waals surface area contributed by atoms with Crippen LogP contribution in [0.3, 0.4) is 0 Å². The lowest BCUT2D eigenvalue weighted by Gasteiger charge is -2.28. The van der Waals surface area contributed by atoms with Gasteiger partial charge in [-0.15, -0.1) is 0 Å². The molecule has 2 N–H and O–H groups in total. The molecule has 0 saturated carbocycles. The molecule has 0 unspecified atom stereocenters. The number of benzene rings is 1. The van der Waals surface area contributed by atoms with Crippen LogP contribution in [0.4, 0.5) is 11.4 Å². The maximum absolute atomic E-state index is 13.0. The molecular weight excluding hydrogens is 464 g/mol. The van der Waals surface area contributed by atoms with Crippen LogP contribution in [0.1, 0.15) is 36.1 Å². The minimum atomic E-state index is -0.453. The average Bonchev–Trinajstić information content (AvgIpc) is 2.95. The summed E-state index contributed by atoms with van der Waals surface area (Å²) in [5, 5.41) is 11.5. The Morgan fingerprint density at radius 3 is 2.54 bits per heavy atom. The van der Waals surface area contributed by atoms with Crippen molar-refractivity contribution < 1.29 is 9.53 Å². The van der Waals surface area contributed by atoms with E-state index in [1.807, 2.05) is 49.6 Å². The fourth-order valence-corrected chi connectivity index (χ4v) is 4.91. The Hall–Kier alpha value is -3.62. The normalized spacial score (nSPS) is 16.4. The fraction of sp³-hybridized carbons (Fsp3) is 0.379. The Labute approximate surface area is 218 Å². The molecule has 0 bridgehead atoms. The van der Waals surface area contributed by atoms with Crippen LogP contribution >= 0.6 is 0 Å². The molecule has 2 aliphatic heterocycles. The highest BCUT2D eigenvalue weighted by Crippen LogP contribution is 2.26. The van der Waals surface area contributed by atoms with Gasteiger partial charge in [-0.05, 0) is 68.2 Å². The van der Waals surface area contributed by atoms with Crippen molar-refractivity contribution in [2.45, 2.75) is 32.7 Å². The van der Waals surface area contributed by atoms with E-state index in [4.69, 9.17) is 10.1 Å². The summed E-state index contributed by atoms with van der Waals surface area (Å²) >= 11 is 0. The molecule has 2 saturated heterocycles. The minimum Gasteiger partial charge on any atom is -0.378 e. The first-order chi connectivity index (χ1) is 18.1. The van der Waals surface area contributed by atoms with Crippen molar-refractivity contribution in [3.63, 3.8) is 0 Å². The second kappa shape index (κ2) is 11.6. The predicted octanol–water partition coefficient (Wildman–Crippen LogP) is 4.28. The van der Waals surface area contributed by atoms with Crippen LogP contribution in [0.2, 0.25) is 0 Å². The highest BCUT2D eigenvalue weighted by Gasteiger charge is 2.17. The zero-order valence-electron chi connectivity index (χ0n) is 21.4. The molecule has 3 aromatic rings. The summed E-state index contributed by atoms with van der Waals surface area (Å²) in [4.78, 5) is 26.6. The SMILES string of the molecule is Cc1ccc(-c2cncc(N3CCOCC3)c2)cc1C(=N)C(=O)Nc1ccc(CN2CCCCC2)nc1. The second-order valence-electron chi connectivity index (χ2n) is 9.77. The minimum absolute atomic E-state index is 0.0750. The van der Waals surface area contributed by atoms with Crippen LogP contribution in [0.25, 0.3) is 11.1 Å². The number of anilines is 2. The first kappa shape index (κ1) is 25.0. The number of hydrogen-bond donors (Lipinski definition) is 2. The number of amides is 1. The van der Waals surface area contributed by atoms with Gasteiger partial charge in [0, 0.05) is 37.0 Å².